The van der Waals surface area contributed by atoms with Crippen LogP contribution in [0.1, 0.15) is 5.56 Å². The maximum Gasteiger partial charge on any atom is 0.433 e. The summed E-state index contributed by atoms with van der Waals surface area (Å²) in [5, 5.41) is 8.83. The van der Waals surface area contributed by atoms with E-state index in [1.165, 1.54) is 18.2 Å². The summed E-state index contributed by atoms with van der Waals surface area (Å²) in [6.07, 6.45) is -6.42. The summed E-state index contributed by atoms with van der Waals surface area (Å²) in [6, 6.07) is 6.01. The van der Waals surface area contributed by atoms with E-state index in [9.17, 15) is 13.2 Å². The van der Waals surface area contributed by atoms with Gasteiger partial charge >= 0.3 is 6.18 Å². The van der Waals surface area contributed by atoms with E-state index >= 15 is 0 Å². The van der Waals surface area contributed by atoms with Gasteiger partial charge in [-0.1, -0.05) is 11.6 Å². The number of nitrogens with zero attached hydrogens (tertiary/aromatic N) is 2. The first kappa shape index (κ1) is 13.0. The van der Waals surface area contributed by atoms with Gasteiger partial charge < -0.3 is 9.64 Å². The average molecular weight is 277 g/mol. The van der Waals surface area contributed by atoms with Crippen LogP contribution < -0.4 is 4.90 Å². The maximum absolute atomic E-state index is 12.7. The third-order valence-corrected chi connectivity index (χ3v) is 2.89. The minimum atomic E-state index is -4.46. The third-order valence-electron chi connectivity index (χ3n) is 2.58. The zero-order valence-electron chi connectivity index (χ0n) is 9.04. The van der Waals surface area contributed by atoms with Gasteiger partial charge in [0.25, 0.3) is 0 Å². The number of benzene rings is 1. The number of alkyl halides is 3. The van der Waals surface area contributed by atoms with Gasteiger partial charge in [-0.25, -0.2) is 0 Å². The number of hydrogen-bond acceptors (Lipinski definition) is 3. The molecule has 1 saturated heterocycles. The molecule has 0 spiro atoms. The first-order chi connectivity index (χ1) is 8.43. The van der Waals surface area contributed by atoms with Crippen molar-refractivity contribution in [2.24, 2.45) is 0 Å². The van der Waals surface area contributed by atoms with Crippen LogP contribution in [0.25, 0.3) is 0 Å². The second kappa shape index (κ2) is 4.67. The molecule has 1 fully saturated rings. The van der Waals surface area contributed by atoms with Crippen molar-refractivity contribution in [1.82, 2.24) is 0 Å². The van der Waals surface area contributed by atoms with Gasteiger partial charge in [0.05, 0.1) is 17.2 Å². The summed E-state index contributed by atoms with van der Waals surface area (Å²) in [7, 11) is 0. The van der Waals surface area contributed by atoms with E-state index in [0.717, 1.165) is 4.90 Å². The molecule has 1 aliphatic heterocycles. The summed E-state index contributed by atoms with van der Waals surface area (Å²) in [6.45, 7) is 0.133. The molecule has 2 rings (SSSR count). The fourth-order valence-corrected chi connectivity index (χ4v) is 2.00. The maximum atomic E-state index is 12.7. The van der Waals surface area contributed by atoms with Gasteiger partial charge in [-0.15, -0.1) is 0 Å². The molecule has 0 saturated carbocycles. The van der Waals surface area contributed by atoms with E-state index in [-0.39, 0.29) is 23.7 Å². The lowest BCUT2D eigenvalue weighted by Gasteiger charge is -2.26. The molecule has 0 radical (unpaired) electrons. The highest BCUT2D eigenvalue weighted by Gasteiger charge is 2.47. The van der Waals surface area contributed by atoms with Crippen molar-refractivity contribution in [2.75, 3.05) is 18.1 Å². The molecule has 3 nitrogen and oxygen atoms in total. The smallest absolute Gasteiger partial charge is 0.348 e. The van der Waals surface area contributed by atoms with Crippen LogP contribution in [-0.2, 0) is 4.74 Å². The van der Waals surface area contributed by atoms with Crippen molar-refractivity contribution in [3.8, 4) is 6.07 Å². The van der Waals surface area contributed by atoms with E-state index in [1.54, 1.807) is 0 Å². The molecule has 1 heterocycles. The predicted octanol–water partition coefficient (Wildman–Crippen LogP) is 2.94. The Morgan fingerprint density at radius 3 is 2.72 bits per heavy atom. The Hall–Kier alpha value is -1.45. The SMILES string of the molecule is N#Cc1ccc(N2CCOC2C(F)(F)F)cc1Cl. The Kier molecular flexibility index (Phi) is 3.37. The van der Waals surface area contributed by atoms with E-state index in [0.29, 0.717) is 5.69 Å². The Morgan fingerprint density at radius 1 is 1.44 bits per heavy atom. The van der Waals surface area contributed by atoms with Crippen LogP contribution >= 0.6 is 11.6 Å². The molecule has 0 N–H and O–H groups in total. The molecule has 1 unspecified atom stereocenters. The highest BCUT2D eigenvalue weighted by molar-refractivity contribution is 6.32. The second-order valence-corrected chi connectivity index (χ2v) is 4.14. The van der Waals surface area contributed by atoms with E-state index in [1.807, 2.05) is 6.07 Å². The predicted molar refractivity (Wildman–Crippen MR) is 59.3 cm³/mol. The van der Waals surface area contributed by atoms with Crippen LogP contribution in [0.4, 0.5) is 18.9 Å². The number of ether oxygens (including phenoxy) is 1. The second-order valence-electron chi connectivity index (χ2n) is 3.73. The van der Waals surface area contributed by atoms with Crippen LogP contribution in [-0.4, -0.2) is 25.6 Å². The molecule has 1 aliphatic rings. The van der Waals surface area contributed by atoms with E-state index in [4.69, 9.17) is 16.9 Å². The topological polar surface area (TPSA) is 36.3 Å². The number of hydrogen-bond donors (Lipinski definition) is 0. The standard InChI is InChI=1S/C11H8ClF3N2O/c12-9-5-8(2-1-7(9)6-16)17-3-4-18-10(17)11(13,14)15/h1-2,5,10H,3-4H2. The van der Waals surface area contributed by atoms with Gasteiger partial charge in [0.15, 0.2) is 0 Å². The average Bonchev–Trinajstić information content (AvgIpc) is 2.77. The van der Waals surface area contributed by atoms with Gasteiger partial charge in [0.1, 0.15) is 6.07 Å². The number of rotatable bonds is 1. The molecule has 18 heavy (non-hydrogen) atoms. The molecule has 7 heteroatoms. The number of anilines is 1. The van der Waals surface area contributed by atoms with E-state index in [2.05, 4.69) is 4.74 Å². The molecular weight excluding hydrogens is 269 g/mol. The summed E-state index contributed by atoms with van der Waals surface area (Å²) in [5.74, 6) is 0. The fraction of sp³-hybridized carbons (Fsp3) is 0.364. The zero-order chi connectivity index (χ0) is 13.3. The Morgan fingerprint density at radius 2 is 2.17 bits per heavy atom. The quantitative estimate of drug-likeness (QED) is 0.791. The van der Waals surface area contributed by atoms with Crippen LogP contribution in [0.5, 0.6) is 0 Å². The first-order valence-electron chi connectivity index (χ1n) is 5.08. The highest BCUT2D eigenvalue weighted by Crippen LogP contribution is 2.34. The Bertz CT molecular complexity index is 498. The molecule has 0 amide bonds. The van der Waals surface area contributed by atoms with Crippen LogP contribution in [0, 0.1) is 11.3 Å². The Balaban J connectivity index is 2.32. The molecule has 1 aromatic carbocycles. The van der Waals surface area contributed by atoms with Crippen molar-refractivity contribution in [1.29, 1.82) is 5.26 Å². The lowest BCUT2D eigenvalue weighted by Crippen LogP contribution is -2.42. The molecule has 1 atom stereocenters. The van der Waals surface area contributed by atoms with Gasteiger partial charge in [-0.2, -0.15) is 18.4 Å². The molecule has 1 aromatic rings. The molecule has 0 aliphatic carbocycles. The molecular formula is C11H8ClF3N2O. The largest absolute Gasteiger partial charge is 0.433 e. The van der Waals surface area contributed by atoms with Crippen LogP contribution in [0.3, 0.4) is 0 Å². The van der Waals surface area contributed by atoms with Crippen molar-refractivity contribution in [2.45, 2.75) is 12.4 Å². The van der Waals surface area contributed by atoms with Gasteiger partial charge in [0.2, 0.25) is 6.23 Å². The van der Waals surface area contributed by atoms with Crippen LogP contribution in [0.2, 0.25) is 5.02 Å². The highest BCUT2D eigenvalue weighted by atomic mass is 35.5. The Labute approximate surface area is 106 Å². The molecule has 0 bridgehead atoms. The number of halogens is 4. The van der Waals surface area contributed by atoms with Crippen LogP contribution in [0.15, 0.2) is 18.2 Å². The zero-order valence-corrected chi connectivity index (χ0v) is 9.79. The summed E-state index contributed by atoms with van der Waals surface area (Å²) in [5.41, 5.74) is 0.517. The van der Waals surface area contributed by atoms with Crippen molar-refractivity contribution < 1.29 is 17.9 Å². The van der Waals surface area contributed by atoms with Gasteiger partial charge in [-0.05, 0) is 18.2 Å². The van der Waals surface area contributed by atoms with Crippen molar-refractivity contribution in [3.05, 3.63) is 28.8 Å². The lowest BCUT2D eigenvalue weighted by molar-refractivity contribution is -0.205. The monoisotopic (exact) mass is 276 g/mol. The number of nitriles is 1. The van der Waals surface area contributed by atoms with E-state index < -0.39 is 12.4 Å². The summed E-state index contributed by atoms with van der Waals surface area (Å²) >= 11 is 5.80. The summed E-state index contributed by atoms with van der Waals surface area (Å²) < 4.78 is 42.7. The van der Waals surface area contributed by atoms with Gasteiger partial charge in [-0.3, -0.25) is 0 Å². The lowest BCUT2D eigenvalue weighted by atomic mass is 10.2. The molecule has 0 aromatic heterocycles. The minimum absolute atomic E-state index is 0.00178. The minimum Gasteiger partial charge on any atom is -0.348 e. The van der Waals surface area contributed by atoms with Gasteiger partial charge in [0, 0.05) is 12.2 Å². The fourth-order valence-electron chi connectivity index (χ4n) is 1.78. The van der Waals surface area contributed by atoms with Crippen molar-refractivity contribution >= 4 is 17.3 Å². The summed E-state index contributed by atoms with van der Waals surface area (Å²) in [4.78, 5) is 1.08. The third kappa shape index (κ3) is 2.37. The van der Waals surface area contributed by atoms with Crippen molar-refractivity contribution in [3.63, 3.8) is 0 Å². The molecule has 96 valence electrons. The normalized spacial score (nSPS) is 19.9. The first-order valence-corrected chi connectivity index (χ1v) is 5.46.